The molecule has 1 rings (SSSR count). The lowest BCUT2D eigenvalue weighted by Crippen LogP contribution is -2.27. The number of rotatable bonds is 3. The number of hydrogen-bond acceptors (Lipinski definition) is 5. The highest BCUT2D eigenvalue weighted by molar-refractivity contribution is 5.74. The van der Waals surface area contributed by atoms with E-state index in [1.165, 1.54) is 13.0 Å². The number of aromatic hydroxyl groups is 1. The van der Waals surface area contributed by atoms with E-state index in [4.69, 9.17) is 5.11 Å². The van der Waals surface area contributed by atoms with Crippen LogP contribution in [0.25, 0.3) is 0 Å². The van der Waals surface area contributed by atoms with Gasteiger partial charge < -0.3 is 15.0 Å². The normalized spacial score (nSPS) is 12.1. The molecule has 0 aromatic heterocycles. The summed E-state index contributed by atoms with van der Waals surface area (Å²) in [5, 5.41) is 30.1. The molecule has 1 aromatic rings. The van der Waals surface area contributed by atoms with Crippen LogP contribution in [-0.4, -0.2) is 16.0 Å². The van der Waals surface area contributed by atoms with Crippen LogP contribution in [0, 0.1) is 10.1 Å². The first-order valence-corrected chi connectivity index (χ1v) is 4.11. The zero-order valence-electron chi connectivity index (χ0n) is 7.84. The minimum absolute atomic E-state index is 0.222. The summed E-state index contributed by atoms with van der Waals surface area (Å²) in [5.41, 5.74) is -0.292. The van der Waals surface area contributed by atoms with Gasteiger partial charge in [-0.25, -0.2) is 0 Å². The van der Waals surface area contributed by atoms with Crippen molar-refractivity contribution in [3.05, 3.63) is 33.9 Å². The average Bonchev–Trinajstić information content (AvgIpc) is 2.16. The Kier molecular flexibility index (Phi) is 2.89. The average molecular weight is 210 g/mol. The van der Waals surface area contributed by atoms with E-state index < -0.39 is 28.2 Å². The van der Waals surface area contributed by atoms with Crippen LogP contribution < -0.4 is 5.11 Å². The molecule has 0 spiro atoms. The van der Waals surface area contributed by atoms with Crippen molar-refractivity contribution in [2.24, 2.45) is 0 Å². The van der Waals surface area contributed by atoms with Gasteiger partial charge in [-0.15, -0.1) is 0 Å². The molecule has 0 heterocycles. The predicted octanol–water partition coefficient (Wildman–Crippen LogP) is 0.154. The molecule has 1 aromatic carbocycles. The Bertz CT molecular complexity index is 415. The van der Waals surface area contributed by atoms with Crippen molar-refractivity contribution in [3.8, 4) is 5.75 Å². The number of phenolic OH excluding ortho intramolecular Hbond substituents is 1. The summed E-state index contributed by atoms with van der Waals surface area (Å²) >= 11 is 0. The van der Waals surface area contributed by atoms with E-state index >= 15 is 0 Å². The number of benzene rings is 1. The van der Waals surface area contributed by atoms with Crippen LogP contribution in [0.4, 0.5) is 5.69 Å². The van der Waals surface area contributed by atoms with Crippen LogP contribution in [0.15, 0.2) is 18.2 Å². The molecule has 6 nitrogen and oxygen atoms in total. The van der Waals surface area contributed by atoms with E-state index in [0.717, 1.165) is 12.1 Å². The first-order chi connectivity index (χ1) is 6.93. The van der Waals surface area contributed by atoms with Gasteiger partial charge in [0.2, 0.25) is 0 Å². The molecule has 0 amide bonds. The fraction of sp³-hybridized carbons (Fsp3) is 0.222. The zero-order valence-corrected chi connectivity index (χ0v) is 7.84. The van der Waals surface area contributed by atoms with Crippen molar-refractivity contribution in [1.29, 1.82) is 0 Å². The lowest BCUT2D eigenvalue weighted by Gasteiger charge is -2.12. The molecule has 0 aliphatic rings. The van der Waals surface area contributed by atoms with Gasteiger partial charge in [0.05, 0.1) is 4.92 Å². The minimum Gasteiger partial charge on any atom is -0.550 e. The SMILES string of the molecule is CC(C(=O)[O-])c1ccc(O)c([N+](=O)[O-])c1. The Balaban J connectivity index is 3.18. The van der Waals surface area contributed by atoms with Gasteiger partial charge in [-0.3, -0.25) is 10.1 Å². The summed E-state index contributed by atoms with van der Waals surface area (Å²) in [6, 6.07) is 3.42. The molecule has 0 aliphatic heterocycles. The molecule has 0 saturated carbocycles. The lowest BCUT2D eigenvalue weighted by molar-refractivity contribution is -0.385. The lowest BCUT2D eigenvalue weighted by atomic mass is 10.0. The van der Waals surface area contributed by atoms with Gasteiger partial charge in [0.15, 0.2) is 5.75 Å². The third-order valence-corrected chi connectivity index (χ3v) is 2.05. The van der Waals surface area contributed by atoms with Gasteiger partial charge in [0, 0.05) is 18.0 Å². The number of carbonyl (C=O) groups is 1. The molecule has 0 bridgehead atoms. The topological polar surface area (TPSA) is 104 Å². The Hall–Kier alpha value is -2.11. The maximum Gasteiger partial charge on any atom is 0.310 e. The molecular weight excluding hydrogens is 202 g/mol. The molecule has 0 saturated heterocycles. The van der Waals surface area contributed by atoms with Gasteiger partial charge in [0.25, 0.3) is 0 Å². The van der Waals surface area contributed by atoms with Crippen molar-refractivity contribution < 1.29 is 19.9 Å². The molecule has 1 unspecified atom stereocenters. The Labute approximate surface area is 84.9 Å². The van der Waals surface area contributed by atoms with E-state index in [9.17, 15) is 20.0 Å². The molecular formula is C9H8NO5-. The monoisotopic (exact) mass is 210 g/mol. The summed E-state index contributed by atoms with van der Waals surface area (Å²) in [4.78, 5) is 20.2. The van der Waals surface area contributed by atoms with Crippen LogP contribution in [0.3, 0.4) is 0 Å². The van der Waals surface area contributed by atoms with Crippen LogP contribution in [0.5, 0.6) is 5.75 Å². The first kappa shape index (κ1) is 11.0. The van der Waals surface area contributed by atoms with E-state index in [1.54, 1.807) is 0 Å². The number of carbonyl (C=O) groups excluding carboxylic acids is 1. The molecule has 0 fully saturated rings. The maximum absolute atomic E-state index is 10.5. The molecule has 1 N–H and O–H groups in total. The second-order valence-corrected chi connectivity index (χ2v) is 3.05. The smallest absolute Gasteiger partial charge is 0.310 e. The Morgan fingerprint density at radius 2 is 2.13 bits per heavy atom. The van der Waals surface area contributed by atoms with Crippen LogP contribution in [-0.2, 0) is 4.79 Å². The summed E-state index contributed by atoms with van der Waals surface area (Å²) in [6.45, 7) is 1.35. The molecule has 15 heavy (non-hydrogen) atoms. The van der Waals surface area contributed by atoms with Gasteiger partial charge in [-0.1, -0.05) is 13.0 Å². The summed E-state index contributed by atoms with van der Waals surface area (Å²) < 4.78 is 0. The Morgan fingerprint density at radius 3 is 2.60 bits per heavy atom. The number of aliphatic carboxylic acids is 1. The fourth-order valence-corrected chi connectivity index (χ4v) is 1.09. The molecule has 1 atom stereocenters. The number of carboxylic acids is 1. The number of nitrogens with zero attached hydrogens (tertiary/aromatic N) is 1. The number of nitro groups is 1. The first-order valence-electron chi connectivity index (χ1n) is 4.11. The van der Waals surface area contributed by atoms with Crippen molar-refractivity contribution >= 4 is 11.7 Å². The van der Waals surface area contributed by atoms with Crippen molar-refractivity contribution in [2.75, 3.05) is 0 Å². The van der Waals surface area contributed by atoms with Gasteiger partial charge in [-0.05, 0) is 11.6 Å². The molecule has 0 radical (unpaired) electrons. The highest BCUT2D eigenvalue weighted by Crippen LogP contribution is 2.29. The maximum atomic E-state index is 10.5. The number of nitro benzene ring substituents is 1. The molecule has 80 valence electrons. The third-order valence-electron chi connectivity index (χ3n) is 2.05. The van der Waals surface area contributed by atoms with Gasteiger partial charge in [0.1, 0.15) is 0 Å². The van der Waals surface area contributed by atoms with Gasteiger partial charge in [-0.2, -0.15) is 0 Å². The minimum atomic E-state index is -1.32. The highest BCUT2D eigenvalue weighted by Gasteiger charge is 2.16. The predicted molar refractivity (Wildman–Crippen MR) is 48.2 cm³/mol. The molecule has 0 aliphatic carbocycles. The summed E-state index contributed by atoms with van der Waals surface area (Å²) in [7, 11) is 0. The summed E-state index contributed by atoms with van der Waals surface area (Å²) in [5.74, 6) is -2.77. The van der Waals surface area contributed by atoms with Crippen LogP contribution in [0.2, 0.25) is 0 Å². The Morgan fingerprint density at radius 1 is 1.53 bits per heavy atom. The number of phenols is 1. The molecule has 6 heteroatoms. The van der Waals surface area contributed by atoms with Crippen molar-refractivity contribution in [2.45, 2.75) is 12.8 Å². The van der Waals surface area contributed by atoms with Crippen molar-refractivity contribution in [1.82, 2.24) is 0 Å². The second kappa shape index (κ2) is 3.95. The van der Waals surface area contributed by atoms with Crippen LogP contribution >= 0.6 is 0 Å². The second-order valence-electron chi connectivity index (χ2n) is 3.05. The zero-order chi connectivity index (χ0) is 11.6. The largest absolute Gasteiger partial charge is 0.550 e. The van der Waals surface area contributed by atoms with E-state index in [-0.39, 0.29) is 5.56 Å². The number of carboxylic acid groups (broad SMARTS) is 1. The van der Waals surface area contributed by atoms with Crippen LogP contribution in [0.1, 0.15) is 18.4 Å². The standard InChI is InChI=1S/C9H9NO5/c1-5(9(12)13)6-2-3-8(11)7(4-6)10(14)15/h2-5,11H,1H3,(H,12,13)/p-1. The third kappa shape index (κ3) is 2.22. The van der Waals surface area contributed by atoms with E-state index in [2.05, 4.69) is 0 Å². The van der Waals surface area contributed by atoms with Gasteiger partial charge >= 0.3 is 5.69 Å². The summed E-state index contributed by atoms with van der Waals surface area (Å²) in [6.07, 6.45) is 0. The highest BCUT2D eigenvalue weighted by atomic mass is 16.6. The fourth-order valence-electron chi connectivity index (χ4n) is 1.09. The van der Waals surface area contributed by atoms with E-state index in [1.807, 2.05) is 0 Å². The number of hydrogen-bond donors (Lipinski definition) is 1. The van der Waals surface area contributed by atoms with E-state index in [0.29, 0.717) is 0 Å². The quantitative estimate of drug-likeness (QED) is 0.565. The van der Waals surface area contributed by atoms with Crippen molar-refractivity contribution in [3.63, 3.8) is 0 Å².